The first-order chi connectivity index (χ1) is 13.5. The van der Waals surface area contributed by atoms with Crippen LogP contribution in [0.15, 0.2) is 42.7 Å². The monoisotopic (exact) mass is 407 g/mol. The molecule has 1 fully saturated rings. The van der Waals surface area contributed by atoms with E-state index in [9.17, 15) is 17.6 Å². The Balaban J connectivity index is 1.58. The second-order valence-electron chi connectivity index (χ2n) is 6.47. The first-order valence-electron chi connectivity index (χ1n) is 8.83. The standard InChI is InChI=1S/C18H22FN5O3S/c19-17-14(12-23-7-9-24(10-8-23)13-28(26)27)3-1-5-16(17)22-18(25)21-15-4-2-6-20-11-15/h1-6,11,28H,7-10,12-13H2,(H2,21,22,25). The summed E-state index contributed by atoms with van der Waals surface area (Å²) in [5.74, 6) is -0.419. The summed E-state index contributed by atoms with van der Waals surface area (Å²) in [5.41, 5.74) is 1.08. The van der Waals surface area contributed by atoms with E-state index in [0.717, 1.165) is 0 Å². The largest absolute Gasteiger partial charge is 0.323 e. The number of thiol groups is 1. The number of halogens is 1. The van der Waals surface area contributed by atoms with Gasteiger partial charge in [-0.3, -0.25) is 14.8 Å². The van der Waals surface area contributed by atoms with E-state index in [2.05, 4.69) is 20.5 Å². The number of benzene rings is 1. The van der Waals surface area contributed by atoms with Crippen molar-refractivity contribution in [1.82, 2.24) is 14.8 Å². The molecule has 1 saturated heterocycles. The summed E-state index contributed by atoms with van der Waals surface area (Å²) in [6, 6.07) is 7.69. The molecule has 2 N–H and O–H groups in total. The Morgan fingerprint density at radius 1 is 1.07 bits per heavy atom. The molecule has 3 rings (SSSR count). The van der Waals surface area contributed by atoms with Crippen molar-refractivity contribution in [3.05, 3.63) is 54.1 Å². The van der Waals surface area contributed by atoms with E-state index in [-0.39, 0.29) is 11.6 Å². The summed E-state index contributed by atoms with van der Waals surface area (Å²) in [6.07, 6.45) is 3.09. The van der Waals surface area contributed by atoms with Crippen LogP contribution in [0.4, 0.5) is 20.6 Å². The first-order valence-corrected chi connectivity index (χ1v) is 10.2. The number of hydrogen-bond acceptors (Lipinski definition) is 6. The van der Waals surface area contributed by atoms with E-state index >= 15 is 0 Å². The van der Waals surface area contributed by atoms with Gasteiger partial charge >= 0.3 is 6.03 Å². The fourth-order valence-corrected chi connectivity index (χ4v) is 3.62. The molecule has 10 heteroatoms. The Morgan fingerprint density at radius 3 is 2.50 bits per heavy atom. The number of amides is 2. The highest BCUT2D eigenvalue weighted by Crippen LogP contribution is 2.20. The molecule has 1 aliphatic heterocycles. The molecule has 8 nitrogen and oxygen atoms in total. The fraction of sp³-hybridized carbons (Fsp3) is 0.333. The zero-order valence-corrected chi connectivity index (χ0v) is 16.1. The number of carbonyl (C=O) groups is 1. The number of urea groups is 1. The van der Waals surface area contributed by atoms with Gasteiger partial charge in [0, 0.05) is 44.5 Å². The molecular weight excluding hydrogens is 385 g/mol. The number of piperazine rings is 1. The van der Waals surface area contributed by atoms with Crippen LogP contribution in [-0.4, -0.2) is 61.3 Å². The smallest absolute Gasteiger partial charge is 0.306 e. The molecule has 0 aliphatic carbocycles. The van der Waals surface area contributed by atoms with Crippen molar-refractivity contribution >= 4 is 28.1 Å². The molecule has 0 radical (unpaired) electrons. The maximum absolute atomic E-state index is 14.8. The lowest BCUT2D eigenvalue weighted by Gasteiger charge is -2.33. The van der Waals surface area contributed by atoms with E-state index in [1.165, 1.54) is 12.3 Å². The first kappa shape index (κ1) is 20.2. The van der Waals surface area contributed by atoms with Gasteiger partial charge in [-0.25, -0.2) is 17.6 Å². The van der Waals surface area contributed by atoms with E-state index in [1.54, 1.807) is 30.5 Å². The van der Waals surface area contributed by atoms with Crippen molar-refractivity contribution in [2.75, 3.05) is 42.7 Å². The molecule has 2 aromatic rings. The van der Waals surface area contributed by atoms with Crippen LogP contribution in [0, 0.1) is 5.82 Å². The molecule has 1 aliphatic rings. The zero-order chi connectivity index (χ0) is 19.9. The SMILES string of the molecule is O=C(Nc1cccnc1)Nc1cccc(CN2CCN(C[SH](=O)=O)CC2)c1F. The molecule has 2 heterocycles. The van der Waals surface area contributed by atoms with Crippen LogP contribution >= 0.6 is 0 Å². The minimum Gasteiger partial charge on any atom is -0.306 e. The third-order valence-corrected chi connectivity index (χ3v) is 5.05. The van der Waals surface area contributed by atoms with E-state index < -0.39 is 22.6 Å². The minimum absolute atomic E-state index is 0.0585. The Morgan fingerprint density at radius 2 is 1.82 bits per heavy atom. The molecule has 0 saturated carbocycles. The van der Waals surface area contributed by atoms with Crippen LogP contribution in [0.1, 0.15) is 5.56 Å². The lowest BCUT2D eigenvalue weighted by molar-refractivity contribution is 0.141. The van der Waals surface area contributed by atoms with Gasteiger partial charge in [0.1, 0.15) is 0 Å². The van der Waals surface area contributed by atoms with Gasteiger partial charge < -0.3 is 10.6 Å². The summed E-state index contributed by atoms with van der Waals surface area (Å²) in [4.78, 5) is 19.9. The molecule has 28 heavy (non-hydrogen) atoms. The van der Waals surface area contributed by atoms with Crippen LogP contribution in [0.3, 0.4) is 0 Å². The summed E-state index contributed by atoms with van der Waals surface area (Å²) in [7, 11) is -2.43. The van der Waals surface area contributed by atoms with Crippen molar-refractivity contribution < 1.29 is 17.6 Å². The third kappa shape index (κ3) is 5.72. The van der Waals surface area contributed by atoms with Crippen molar-refractivity contribution in [3.63, 3.8) is 0 Å². The van der Waals surface area contributed by atoms with Gasteiger partial charge in [-0.05, 0) is 18.2 Å². The van der Waals surface area contributed by atoms with Gasteiger partial charge in [0.05, 0.1) is 23.4 Å². The van der Waals surface area contributed by atoms with Crippen molar-refractivity contribution in [2.45, 2.75) is 6.54 Å². The van der Waals surface area contributed by atoms with E-state index in [4.69, 9.17) is 0 Å². The Bertz CT molecular complexity index is 878. The molecule has 150 valence electrons. The Kier molecular flexibility index (Phi) is 6.90. The molecule has 1 aromatic carbocycles. The summed E-state index contributed by atoms with van der Waals surface area (Å²) in [5, 5.41) is 5.11. The van der Waals surface area contributed by atoms with Gasteiger partial charge in [-0.1, -0.05) is 12.1 Å². The molecule has 0 unspecified atom stereocenters. The van der Waals surface area contributed by atoms with E-state index in [1.807, 2.05) is 4.90 Å². The predicted molar refractivity (Wildman–Crippen MR) is 105 cm³/mol. The predicted octanol–water partition coefficient (Wildman–Crippen LogP) is 1.55. The van der Waals surface area contributed by atoms with Gasteiger partial charge in [0.2, 0.25) is 0 Å². The average molecular weight is 407 g/mol. The number of nitrogens with zero attached hydrogens (tertiary/aromatic N) is 3. The normalized spacial score (nSPS) is 15.5. The number of carbonyl (C=O) groups excluding carboxylic acids is 1. The lowest BCUT2D eigenvalue weighted by Crippen LogP contribution is -2.46. The second kappa shape index (κ2) is 9.58. The number of hydrogen-bond donors (Lipinski definition) is 3. The van der Waals surface area contributed by atoms with Gasteiger partial charge in [-0.2, -0.15) is 0 Å². The number of anilines is 2. The molecule has 2 amide bonds. The van der Waals surface area contributed by atoms with E-state index in [0.29, 0.717) is 44.0 Å². The summed E-state index contributed by atoms with van der Waals surface area (Å²) in [6.45, 7) is 2.94. The number of rotatable bonds is 6. The Hall–Kier alpha value is -2.56. The topological polar surface area (TPSA) is 94.6 Å². The quantitative estimate of drug-likeness (QED) is 0.629. The van der Waals surface area contributed by atoms with Crippen molar-refractivity contribution in [3.8, 4) is 0 Å². The molecule has 0 spiro atoms. The average Bonchev–Trinajstić information content (AvgIpc) is 2.67. The van der Waals surface area contributed by atoms with Crippen LogP contribution in [0.5, 0.6) is 0 Å². The number of aromatic nitrogens is 1. The fourth-order valence-electron chi connectivity index (χ4n) is 3.01. The van der Waals surface area contributed by atoms with Crippen LogP contribution in [0.25, 0.3) is 0 Å². The van der Waals surface area contributed by atoms with Crippen LogP contribution < -0.4 is 10.6 Å². The molecule has 0 bridgehead atoms. The highest BCUT2D eigenvalue weighted by atomic mass is 32.2. The highest BCUT2D eigenvalue weighted by Gasteiger charge is 2.19. The number of nitrogens with one attached hydrogen (secondary N) is 2. The molecule has 0 atom stereocenters. The number of pyridine rings is 1. The highest BCUT2D eigenvalue weighted by molar-refractivity contribution is 7.72. The van der Waals surface area contributed by atoms with Gasteiger partial charge in [0.25, 0.3) is 0 Å². The summed E-state index contributed by atoms with van der Waals surface area (Å²) < 4.78 is 36.4. The Labute approximate surface area is 164 Å². The third-order valence-electron chi connectivity index (χ3n) is 4.42. The maximum Gasteiger partial charge on any atom is 0.323 e. The van der Waals surface area contributed by atoms with Crippen LogP contribution in [-0.2, 0) is 17.2 Å². The van der Waals surface area contributed by atoms with Gasteiger partial charge in [-0.15, -0.1) is 0 Å². The van der Waals surface area contributed by atoms with Crippen molar-refractivity contribution in [1.29, 1.82) is 0 Å². The minimum atomic E-state index is -2.43. The second-order valence-corrected chi connectivity index (χ2v) is 7.42. The zero-order valence-electron chi connectivity index (χ0n) is 15.2. The summed E-state index contributed by atoms with van der Waals surface area (Å²) >= 11 is 0. The lowest BCUT2D eigenvalue weighted by atomic mass is 10.1. The molecular formula is C18H22FN5O3S. The van der Waals surface area contributed by atoms with Gasteiger partial charge in [0.15, 0.2) is 16.5 Å². The van der Waals surface area contributed by atoms with Crippen LogP contribution in [0.2, 0.25) is 0 Å². The molecule has 1 aromatic heterocycles. The maximum atomic E-state index is 14.8. The van der Waals surface area contributed by atoms with Crippen molar-refractivity contribution in [2.24, 2.45) is 0 Å².